The van der Waals surface area contributed by atoms with E-state index in [0.717, 1.165) is 6.42 Å². The van der Waals surface area contributed by atoms with Gasteiger partial charge >= 0.3 is 5.97 Å². The monoisotopic (exact) mass is 308 g/mol. The van der Waals surface area contributed by atoms with Crippen molar-refractivity contribution in [2.24, 2.45) is 0 Å². The molecule has 0 spiro atoms. The zero-order chi connectivity index (χ0) is 16.4. The van der Waals surface area contributed by atoms with Gasteiger partial charge in [-0.3, -0.25) is 14.4 Å². The summed E-state index contributed by atoms with van der Waals surface area (Å²) in [5, 5.41) is 12.9. The predicted octanol–water partition coefficient (Wildman–Crippen LogP) is 0.335. The van der Waals surface area contributed by atoms with Crippen molar-refractivity contribution in [1.82, 2.24) is 10.6 Å². The van der Waals surface area contributed by atoms with Crippen LogP contribution >= 0.6 is 0 Å². The Balaban J connectivity index is 2.17. The molecule has 0 aliphatic rings. The fraction of sp³-hybridized carbons (Fsp3) is 0.400. The minimum Gasteiger partial charge on any atom is -0.493 e. The van der Waals surface area contributed by atoms with Crippen molar-refractivity contribution in [2.45, 2.75) is 19.8 Å². The molecular formula is C15H20N2O5. The van der Waals surface area contributed by atoms with E-state index < -0.39 is 18.4 Å². The lowest BCUT2D eigenvalue weighted by molar-refractivity contribution is -0.137. The molecule has 7 heteroatoms. The lowest BCUT2D eigenvalue weighted by atomic mass is 10.2. The van der Waals surface area contributed by atoms with Crippen LogP contribution in [0.25, 0.3) is 0 Å². The molecule has 0 radical (unpaired) electrons. The Bertz CT molecular complexity index is 513. The Morgan fingerprint density at radius 2 is 1.68 bits per heavy atom. The molecular weight excluding hydrogens is 288 g/mol. The minimum atomic E-state index is -1.14. The molecule has 7 nitrogen and oxygen atoms in total. The van der Waals surface area contributed by atoms with E-state index in [1.165, 1.54) is 5.56 Å². The molecule has 0 saturated carbocycles. The summed E-state index contributed by atoms with van der Waals surface area (Å²) >= 11 is 0. The first-order valence-electron chi connectivity index (χ1n) is 6.98. The maximum absolute atomic E-state index is 11.5. The molecule has 0 aromatic heterocycles. The molecule has 0 bridgehead atoms. The highest BCUT2D eigenvalue weighted by molar-refractivity contribution is 5.86. The number of amides is 2. The number of aryl methyl sites for hydroxylation is 1. The average Bonchev–Trinajstić information content (AvgIpc) is 2.51. The van der Waals surface area contributed by atoms with Crippen LogP contribution in [0.15, 0.2) is 24.3 Å². The van der Waals surface area contributed by atoms with Crippen molar-refractivity contribution in [1.29, 1.82) is 0 Å². The predicted molar refractivity (Wildman–Crippen MR) is 79.6 cm³/mol. The second-order valence-corrected chi connectivity index (χ2v) is 4.54. The first-order valence-corrected chi connectivity index (χ1v) is 6.98. The number of carbonyl (C=O) groups excluding carboxylic acids is 2. The molecule has 1 aromatic rings. The first-order chi connectivity index (χ1) is 10.5. The van der Waals surface area contributed by atoms with E-state index in [0.29, 0.717) is 5.75 Å². The number of hydrogen-bond acceptors (Lipinski definition) is 4. The number of benzene rings is 1. The molecule has 2 amide bonds. The van der Waals surface area contributed by atoms with Gasteiger partial charge in [0.05, 0.1) is 19.6 Å². The number of carboxylic acid groups (broad SMARTS) is 1. The van der Waals surface area contributed by atoms with Crippen molar-refractivity contribution in [3.63, 3.8) is 0 Å². The van der Waals surface area contributed by atoms with Crippen LogP contribution in [0, 0.1) is 0 Å². The van der Waals surface area contributed by atoms with Gasteiger partial charge in [0.15, 0.2) is 0 Å². The van der Waals surface area contributed by atoms with E-state index in [-0.39, 0.29) is 25.5 Å². The first kappa shape index (κ1) is 17.5. The van der Waals surface area contributed by atoms with Crippen LogP contribution in [-0.4, -0.2) is 42.6 Å². The number of carboxylic acids is 1. The molecule has 0 saturated heterocycles. The minimum absolute atomic E-state index is 0.113. The lowest BCUT2D eigenvalue weighted by Crippen LogP contribution is -2.39. The van der Waals surface area contributed by atoms with E-state index in [1.807, 2.05) is 24.3 Å². The van der Waals surface area contributed by atoms with Gasteiger partial charge in [-0.1, -0.05) is 19.1 Å². The van der Waals surface area contributed by atoms with Gasteiger partial charge in [-0.25, -0.2) is 0 Å². The summed E-state index contributed by atoms with van der Waals surface area (Å²) < 4.78 is 5.42. The van der Waals surface area contributed by atoms with Gasteiger partial charge < -0.3 is 20.5 Å². The van der Waals surface area contributed by atoms with Gasteiger partial charge in [0, 0.05) is 0 Å². The zero-order valence-corrected chi connectivity index (χ0v) is 12.4. The van der Waals surface area contributed by atoms with Crippen molar-refractivity contribution in [2.75, 3.05) is 19.7 Å². The Hall–Kier alpha value is -2.57. The van der Waals surface area contributed by atoms with Gasteiger partial charge in [-0.15, -0.1) is 0 Å². The van der Waals surface area contributed by atoms with Crippen LogP contribution < -0.4 is 15.4 Å². The highest BCUT2D eigenvalue weighted by Gasteiger charge is 2.07. The molecule has 0 aliphatic carbocycles. The smallest absolute Gasteiger partial charge is 0.322 e. The second kappa shape index (κ2) is 9.38. The number of nitrogens with one attached hydrogen (secondary N) is 2. The van der Waals surface area contributed by atoms with Gasteiger partial charge in [0.2, 0.25) is 11.8 Å². The number of rotatable bonds is 9. The van der Waals surface area contributed by atoms with Gasteiger partial charge in [0.1, 0.15) is 12.3 Å². The highest BCUT2D eigenvalue weighted by atomic mass is 16.5. The summed E-state index contributed by atoms with van der Waals surface area (Å²) in [6.07, 6.45) is 1.06. The van der Waals surface area contributed by atoms with E-state index in [1.54, 1.807) is 0 Å². The molecule has 3 N–H and O–H groups in total. The Morgan fingerprint density at radius 1 is 1.05 bits per heavy atom. The molecule has 0 unspecified atom stereocenters. The Kier molecular flexibility index (Phi) is 7.45. The lowest BCUT2D eigenvalue weighted by Gasteiger charge is -2.08. The van der Waals surface area contributed by atoms with Gasteiger partial charge in [-0.2, -0.15) is 0 Å². The molecule has 1 aromatic carbocycles. The van der Waals surface area contributed by atoms with E-state index in [9.17, 15) is 14.4 Å². The summed E-state index contributed by atoms with van der Waals surface area (Å²) in [6.45, 7) is 1.55. The summed E-state index contributed by atoms with van der Waals surface area (Å²) in [5.41, 5.74) is 1.21. The standard InChI is InChI=1S/C15H20N2O5/c1-2-11-3-5-12(6-4-11)22-8-7-13(18)16-9-14(19)17-10-15(20)21/h3-6H,2,7-10H2,1H3,(H,16,18)(H,17,19)(H,20,21). The number of aliphatic carboxylic acids is 1. The molecule has 120 valence electrons. The topological polar surface area (TPSA) is 105 Å². The van der Waals surface area contributed by atoms with Crippen LogP contribution in [0.4, 0.5) is 0 Å². The molecule has 22 heavy (non-hydrogen) atoms. The maximum Gasteiger partial charge on any atom is 0.322 e. The second-order valence-electron chi connectivity index (χ2n) is 4.54. The van der Waals surface area contributed by atoms with Crippen LogP contribution in [0.1, 0.15) is 18.9 Å². The van der Waals surface area contributed by atoms with Crippen molar-refractivity contribution >= 4 is 17.8 Å². The SMILES string of the molecule is CCc1ccc(OCCC(=O)NCC(=O)NCC(=O)O)cc1. The normalized spacial score (nSPS) is 9.86. The Labute approximate surface area is 128 Å². The molecule has 0 heterocycles. The van der Waals surface area contributed by atoms with E-state index in [4.69, 9.17) is 9.84 Å². The third-order valence-corrected chi connectivity index (χ3v) is 2.81. The maximum atomic E-state index is 11.5. The molecule has 0 aliphatic heterocycles. The summed E-state index contributed by atoms with van der Waals surface area (Å²) in [6, 6.07) is 7.61. The third-order valence-electron chi connectivity index (χ3n) is 2.81. The highest BCUT2D eigenvalue weighted by Crippen LogP contribution is 2.12. The van der Waals surface area contributed by atoms with Crippen molar-refractivity contribution < 1.29 is 24.2 Å². The summed E-state index contributed by atoms with van der Waals surface area (Å²) in [5.74, 6) is -1.34. The fourth-order valence-electron chi connectivity index (χ4n) is 1.59. The summed E-state index contributed by atoms with van der Waals surface area (Å²) in [7, 11) is 0. The molecule has 1 rings (SSSR count). The van der Waals surface area contributed by atoms with Crippen LogP contribution in [0.3, 0.4) is 0 Å². The fourth-order valence-corrected chi connectivity index (χ4v) is 1.59. The number of ether oxygens (including phenoxy) is 1. The van der Waals surface area contributed by atoms with Crippen LogP contribution in [-0.2, 0) is 20.8 Å². The molecule has 0 atom stereocenters. The average molecular weight is 308 g/mol. The van der Waals surface area contributed by atoms with Gasteiger partial charge in [-0.05, 0) is 24.1 Å². The molecule has 0 fully saturated rings. The Morgan fingerprint density at radius 3 is 2.27 bits per heavy atom. The van der Waals surface area contributed by atoms with Crippen molar-refractivity contribution in [3.05, 3.63) is 29.8 Å². The van der Waals surface area contributed by atoms with Gasteiger partial charge in [0.25, 0.3) is 0 Å². The number of carbonyl (C=O) groups is 3. The summed E-state index contributed by atoms with van der Waals surface area (Å²) in [4.78, 5) is 32.9. The van der Waals surface area contributed by atoms with Crippen molar-refractivity contribution in [3.8, 4) is 5.75 Å². The van der Waals surface area contributed by atoms with E-state index >= 15 is 0 Å². The quantitative estimate of drug-likeness (QED) is 0.610. The van der Waals surface area contributed by atoms with Crippen LogP contribution in [0.2, 0.25) is 0 Å². The largest absolute Gasteiger partial charge is 0.493 e. The number of hydrogen-bond donors (Lipinski definition) is 3. The third kappa shape index (κ3) is 7.28. The zero-order valence-electron chi connectivity index (χ0n) is 12.4. The van der Waals surface area contributed by atoms with Crippen LogP contribution in [0.5, 0.6) is 5.75 Å². The van der Waals surface area contributed by atoms with E-state index in [2.05, 4.69) is 17.6 Å².